The number of piperidine rings is 1. The van der Waals surface area contributed by atoms with Gasteiger partial charge < -0.3 is 10.5 Å². The van der Waals surface area contributed by atoms with Crippen LogP contribution < -0.4 is 10.5 Å². The minimum absolute atomic E-state index is 0.756. The summed E-state index contributed by atoms with van der Waals surface area (Å²) in [6.07, 6.45) is 3.78. The first-order valence-electron chi connectivity index (χ1n) is 7.08. The van der Waals surface area contributed by atoms with Crippen molar-refractivity contribution in [1.29, 1.82) is 0 Å². The molecule has 0 bridgehead atoms. The second kappa shape index (κ2) is 7.88. The summed E-state index contributed by atoms with van der Waals surface area (Å²) >= 11 is 3.45. The van der Waals surface area contributed by atoms with E-state index in [2.05, 4.69) is 20.8 Å². The maximum Gasteiger partial charge on any atom is 0.120 e. The minimum atomic E-state index is 0.756. The van der Waals surface area contributed by atoms with Gasteiger partial charge in [-0.15, -0.1) is 0 Å². The SMILES string of the molecule is NCCC1CCCN(CCOc2cccc(Br)c2)C1. The number of nitrogens with two attached hydrogens (primary N) is 1. The average molecular weight is 327 g/mol. The quantitative estimate of drug-likeness (QED) is 0.873. The molecule has 106 valence electrons. The third kappa shape index (κ3) is 5.13. The van der Waals surface area contributed by atoms with Crippen molar-refractivity contribution < 1.29 is 4.74 Å². The summed E-state index contributed by atoms with van der Waals surface area (Å²) in [6.45, 7) is 4.95. The Balaban J connectivity index is 1.70. The topological polar surface area (TPSA) is 38.5 Å². The van der Waals surface area contributed by atoms with Crippen LogP contribution >= 0.6 is 15.9 Å². The first kappa shape index (κ1) is 14.8. The molecule has 1 aliphatic rings. The predicted octanol–water partition coefficient (Wildman–Crippen LogP) is 2.89. The van der Waals surface area contributed by atoms with Crippen LogP contribution in [0.25, 0.3) is 0 Å². The molecule has 0 aliphatic carbocycles. The van der Waals surface area contributed by atoms with Crippen molar-refractivity contribution in [3.8, 4) is 5.75 Å². The Hall–Kier alpha value is -0.580. The summed E-state index contributed by atoms with van der Waals surface area (Å²) in [5.74, 6) is 1.72. The van der Waals surface area contributed by atoms with Crippen molar-refractivity contribution in [1.82, 2.24) is 4.90 Å². The highest BCUT2D eigenvalue weighted by Crippen LogP contribution is 2.20. The molecule has 1 fully saturated rings. The van der Waals surface area contributed by atoms with Crippen LogP contribution in [-0.4, -0.2) is 37.7 Å². The smallest absolute Gasteiger partial charge is 0.120 e. The van der Waals surface area contributed by atoms with E-state index in [0.717, 1.165) is 42.3 Å². The van der Waals surface area contributed by atoms with Gasteiger partial charge in [-0.1, -0.05) is 22.0 Å². The normalized spacial score (nSPS) is 20.4. The Morgan fingerprint density at radius 1 is 1.42 bits per heavy atom. The van der Waals surface area contributed by atoms with Crippen LogP contribution in [0.1, 0.15) is 19.3 Å². The molecule has 2 rings (SSSR count). The van der Waals surface area contributed by atoms with Crippen molar-refractivity contribution in [3.63, 3.8) is 0 Å². The molecule has 1 aliphatic heterocycles. The predicted molar refractivity (Wildman–Crippen MR) is 82.5 cm³/mol. The summed E-state index contributed by atoms with van der Waals surface area (Å²) in [4.78, 5) is 2.50. The zero-order valence-corrected chi connectivity index (χ0v) is 12.9. The van der Waals surface area contributed by atoms with E-state index >= 15 is 0 Å². The fourth-order valence-corrected chi connectivity index (χ4v) is 3.05. The van der Waals surface area contributed by atoms with Crippen LogP contribution in [0.4, 0.5) is 0 Å². The Labute approximate surface area is 124 Å². The first-order valence-corrected chi connectivity index (χ1v) is 7.88. The standard InChI is InChI=1S/C15H23BrN2O/c16-14-4-1-5-15(11-14)19-10-9-18-8-2-3-13(12-18)6-7-17/h1,4-5,11,13H,2-3,6-10,12,17H2. The van der Waals surface area contributed by atoms with Gasteiger partial charge in [-0.2, -0.15) is 0 Å². The highest BCUT2D eigenvalue weighted by atomic mass is 79.9. The van der Waals surface area contributed by atoms with E-state index in [1.807, 2.05) is 24.3 Å². The number of ether oxygens (including phenoxy) is 1. The van der Waals surface area contributed by atoms with Crippen LogP contribution in [0.2, 0.25) is 0 Å². The highest BCUT2D eigenvalue weighted by molar-refractivity contribution is 9.10. The molecular formula is C15H23BrN2O. The highest BCUT2D eigenvalue weighted by Gasteiger charge is 2.18. The maximum absolute atomic E-state index is 5.79. The zero-order valence-electron chi connectivity index (χ0n) is 11.4. The van der Waals surface area contributed by atoms with E-state index < -0.39 is 0 Å². The lowest BCUT2D eigenvalue weighted by Gasteiger charge is -2.32. The summed E-state index contributed by atoms with van der Waals surface area (Å²) in [7, 11) is 0. The molecule has 0 spiro atoms. The molecule has 2 N–H and O–H groups in total. The van der Waals surface area contributed by atoms with Crippen LogP contribution in [-0.2, 0) is 0 Å². The molecule has 1 aromatic carbocycles. The van der Waals surface area contributed by atoms with Crippen molar-refractivity contribution in [2.75, 3.05) is 32.8 Å². The lowest BCUT2D eigenvalue weighted by Crippen LogP contribution is -2.38. The number of benzene rings is 1. The van der Waals surface area contributed by atoms with Crippen molar-refractivity contribution >= 4 is 15.9 Å². The molecule has 0 aromatic heterocycles. The van der Waals surface area contributed by atoms with Crippen LogP contribution in [0.5, 0.6) is 5.75 Å². The van der Waals surface area contributed by atoms with Gasteiger partial charge in [0.1, 0.15) is 12.4 Å². The Morgan fingerprint density at radius 2 is 2.32 bits per heavy atom. The van der Waals surface area contributed by atoms with Crippen molar-refractivity contribution in [2.45, 2.75) is 19.3 Å². The van der Waals surface area contributed by atoms with Crippen molar-refractivity contribution in [2.24, 2.45) is 11.7 Å². The second-order valence-corrected chi connectivity index (χ2v) is 6.11. The lowest BCUT2D eigenvalue weighted by atomic mass is 9.95. The first-order chi connectivity index (χ1) is 9.28. The van der Waals surface area contributed by atoms with Crippen LogP contribution in [0, 0.1) is 5.92 Å². The van der Waals surface area contributed by atoms with Gasteiger partial charge in [0.05, 0.1) is 0 Å². The molecule has 1 atom stereocenters. The van der Waals surface area contributed by atoms with Gasteiger partial charge in [0.25, 0.3) is 0 Å². The summed E-state index contributed by atoms with van der Waals surface area (Å²) in [6, 6.07) is 8.01. The van der Waals surface area contributed by atoms with Gasteiger partial charge in [0.15, 0.2) is 0 Å². The maximum atomic E-state index is 5.79. The molecule has 1 saturated heterocycles. The molecule has 0 radical (unpaired) electrons. The molecule has 4 heteroatoms. The molecule has 0 saturated carbocycles. The molecule has 0 amide bonds. The third-order valence-corrected chi connectivity index (χ3v) is 4.14. The number of halogens is 1. The summed E-state index contributed by atoms with van der Waals surface area (Å²) in [5.41, 5.74) is 5.65. The second-order valence-electron chi connectivity index (χ2n) is 5.19. The zero-order chi connectivity index (χ0) is 13.5. The van der Waals surface area contributed by atoms with Gasteiger partial charge in [-0.3, -0.25) is 4.90 Å². The van der Waals surface area contributed by atoms with Gasteiger partial charge >= 0.3 is 0 Å². The molecule has 1 aromatic rings. The van der Waals surface area contributed by atoms with Crippen LogP contribution in [0.3, 0.4) is 0 Å². The fourth-order valence-electron chi connectivity index (χ4n) is 2.68. The average Bonchev–Trinajstić information content (AvgIpc) is 2.40. The summed E-state index contributed by atoms with van der Waals surface area (Å²) < 4.78 is 6.85. The van der Waals surface area contributed by atoms with Crippen LogP contribution in [0.15, 0.2) is 28.7 Å². The van der Waals surface area contributed by atoms with E-state index in [-0.39, 0.29) is 0 Å². The largest absolute Gasteiger partial charge is 0.492 e. The number of nitrogens with zero attached hydrogens (tertiary/aromatic N) is 1. The molecule has 3 nitrogen and oxygen atoms in total. The number of likely N-dealkylation sites (tertiary alicyclic amines) is 1. The third-order valence-electron chi connectivity index (χ3n) is 3.65. The summed E-state index contributed by atoms with van der Waals surface area (Å²) in [5, 5.41) is 0. The minimum Gasteiger partial charge on any atom is -0.492 e. The van der Waals surface area contributed by atoms with E-state index in [9.17, 15) is 0 Å². The molecular weight excluding hydrogens is 304 g/mol. The molecule has 19 heavy (non-hydrogen) atoms. The Bertz CT molecular complexity index is 384. The fraction of sp³-hybridized carbons (Fsp3) is 0.600. The Morgan fingerprint density at radius 3 is 3.11 bits per heavy atom. The monoisotopic (exact) mass is 326 g/mol. The van der Waals surface area contributed by atoms with E-state index in [4.69, 9.17) is 10.5 Å². The van der Waals surface area contributed by atoms with E-state index in [1.165, 1.54) is 25.9 Å². The van der Waals surface area contributed by atoms with Gasteiger partial charge in [-0.05, 0) is 56.5 Å². The van der Waals surface area contributed by atoms with E-state index in [0.29, 0.717) is 0 Å². The van der Waals surface area contributed by atoms with Gasteiger partial charge in [0.2, 0.25) is 0 Å². The number of hydrogen-bond acceptors (Lipinski definition) is 3. The molecule has 1 heterocycles. The van der Waals surface area contributed by atoms with Crippen molar-refractivity contribution in [3.05, 3.63) is 28.7 Å². The number of rotatable bonds is 6. The van der Waals surface area contributed by atoms with Gasteiger partial charge in [0, 0.05) is 17.6 Å². The Kier molecular flexibility index (Phi) is 6.14. The van der Waals surface area contributed by atoms with Gasteiger partial charge in [-0.25, -0.2) is 0 Å². The number of hydrogen-bond donors (Lipinski definition) is 1. The lowest BCUT2D eigenvalue weighted by molar-refractivity contribution is 0.144. The molecule has 1 unspecified atom stereocenters. The van der Waals surface area contributed by atoms with E-state index in [1.54, 1.807) is 0 Å².